The summed E-state index contributed by atoms with van der Waals surface area (Å²) in [6.45, 7) is 1.86. The van der Waals surface area contributed by atoms with E-state index in [4.69, 9.17) is 17.3 Å². The zero-order valence-electron chi connectivity index (χ0n) is 9.01. The third-order valence-electron chi connectivity index (χ3n) is 2.51. The molecule has 0 aliphatic heterocycles. The van der Waals surface area contributed by atoms with Crippen molar-refractivity contribution in [3.63, 3.8) is 0 Å². The summed E-state index contributed by atoms with van der Waals surface area (Å²) in [4.78, 5) is 0.690. The SMILES string of the molecule is Cc1csc(C(N)c2ccc(F)cc2F)c1Cl. The van der Waals surface area contributed by atoms with Gasteiger partial charge in [-0.2, -0.15) is 0 Å². The standard InChI is InChI=1S/C12H10ClF2NS/c1-6-5-17-12(10(6)13)11(16)8-3-2-7(14)4-9(8)15/h2-5,11H,16H2,1H3. The van der Waals surface area contributed by atoms with Crippen LogP contribution in [-0.2, 0) is 0 Å². The van der Waals surface area contributed by atoms with Crippen LogP contribution in [0.25, 0.3) is 0 Å². The predicted molar refractivity (Wildman–Crippen MR) is 66.5 cm³/mol. The molecule has 90 valence electrons. The van der Waals surface area contributed by atoms with Crippen LogP contribution in [0.4, 0.5) is 8.78 Å². The zero-order valence-corrected chi connectivity index (χ0v) is 10.6. The van der Waals surface area contributed by atoms with Crippen LogP contribution in [0.3, 0.4) is 0 Å². The van der Waals surface area contributed by atoms with Gasteiger partial charge in [0.1, 0.15) is 11.6 Å². The number of hydrogen-bond donors (Lipinski definition) is 1. The van der Waals surface area contributed by atoms with Gasteiger partial charge in [0.15, 0.2) is 0 Å². The summed E-state index contributed by atoms with van der Waals surface area (Å²) in [6, 6.07) is 2.69. The first-order chi connectivity index (χ1) is 8.00. The number of nitrogens with two attached hydrogens (primary N) is 1. The van der Waals surface area contributed by atoms with Gasteiger partial charge in [-0.1, -0.05) is 17.7 Å². The Morgan fingerprint density at radius 2 is 2.06 bits per heavy atom. The minimum atomic E-state index is -0.665. The molecule has 1 nitrogen and oxygen atoms in total. The van der Waals surface area contributed by atoms with Gasteiger partial charge in [-0.15, -0.1) is 11.3 Å². The molecule has 0 aliphatic rings. The average Bonchev–Trinajstić information content (AvgIpc) is 2.59. The van der Waals surface area contributed by atoms with Crippen molar-refractivity contribution in [1.29, 1.82) is 0 Å². The highest BCUT2D eigenvalue weighted by molar-refractivity contribution is 7.10. The van der Waals surface area contributed by atoms with Crippen LogP contribution in [0.1, 0.15) is 22.0 Å². The van der Waals surface area contributed by atoms with Gasteiger partial charge in [-0.05, 0) is 23.9 Å². The second-order valence-corrected chi connectivity index (χ2v) is 5.03. The normalized spacial score (nSPS) is 12.8. The molecule has 1 unspecified atom stereocenters. The monoisotopic (exact) mass is 273 g/mol. The summed E-state index contributed by atoms with van der Waals surface area (Å²) < 4.78 is 26.4. The van der Waals surface area contributed by atoms with Gasteiger partial charge in [0.2, 0.25) is 0 Å². The fourth-order valence-corrected chi connectivity index (χ4v) is 2.88. The van der Waals surface area contributed by atoms with E-state index in [9.17, 15) is 8.78 Å². The van der Waals surface area contributed by atoms with Gasteiger partial charge in [0.05, 0.1) is 11.1 Å². The second kappa shape index (κ2) is 4.72. The molecule has 17 heavy (non-hydrogen) atoms. The van der Waals surface area contributed by atoms with Crippen LogP contribution in [0.2, 0.25) is 5.02 Å². The van der Waals surface area contributed by atoms with Gasteiger partial charge >= 0.3 is 0 Å². The van der Waals surface area contributed by atoms with Crippen LogP contribution >= 0.6 is 22.9 Å². The van der Waals surface area contributed by atoms with E-state index in [1.165, 1.54) is 23.5 Å². The van der Waals surface area contributed by atoms with Crippen LogP contribution in [0.15, 0.2) is 23.6 Å². The molecule has 2 aromatic rings. The van der Waals surface area contributed by atoms with Gasteiger partial charge in [0.25, 0.3) is 0 Å². The smallest absolute Gasteiger partial charge is 0.131 e. The number of aryl methyl sites for hydroxylation is 1. The molecule has 0 amide bonds. The summed E-state index contributed by atoms with van der Waals surface area (Å²) in [6.07, 6.45) is 0. The molecule has 1 atom stereocenters. The number of thiophene rings is 1. The molecule has 1 aromatic heterocycles. The summed E-state index contributed by atoms with van der Waals surface area (Å²) in [7, 11) is 0. The van der Waals surface area contributed by atoms with Crippen molar-refractivity contribution >= 4 is 22.9 Å². The minimum absolute atomic E-state index is 0.246. The Labute approximate surface area is 107 Å². The Kier molecular flexibility index (Phi) is 3.47. The number of hydrogen-bond acceptors (Lipinski definition) is 2. The van der Waals surface area contributed by atoms with E-state index in [2.05, 4.69) is 0 Å². The summed E-state index contributed by atoms with van der Waals surface area (Å²) in [5.74, 6) is -1.27. The quantitative estimate of drug-likeness (QED) is 0.878. The first-order valence-electron chi connectivity index (χ1n) is 4.94. The van der Waals surface area contributed by atoms with Gasteiger partial charge in [-0.25, -0.2) is 8.78 Å². The Balaban J connectivity index is 2.43. The van der Waals surface area contributed by atoms with Crippen molar-refractivity contribution in [2.24, 2.45) is 5.73 Å². The average molecular weight is 274 g/mol. The fourth-order valence-electron chi connectivity index (χ4n) is 1.55. The molecule has 2 N–H and O–H groups in total. The van der Waals surface area contributed by atoms with E-state index in [0.29, 0.717) is 9.90 Å². The topological polar surface area (TPSA) is 26.0 Å². The molecule has 1 aromatic carbocycles. The maximum Gasteiger partial charge on any atom is 0.131 e. The first kappa shape index (κ1) is 12.5. The Bertz CT molecular complexity index is 553. The molecule has 2 rings (SSSR count). The predicted octanol–water partition coefficient (Wildman–Crippen LogP) is 4.04. The van der Waals surface area contributed by atoms with Gasteiger partial charge < -0.3 is 5.73 Å². The maximum absolute atomic E-state index is 13.6. The van der Waals surface area contributed by atoms with Crippen LogP contribution < -0.4 is 5.73 Å². The van der Waals surface area contributed by atoms with Crippen LogP contribution in [-0.4, -0.2) is 0 Å². The van der Waals surface area contributed by atoms with Crippen molar-refractivity contribution in [2.75, 3.05) is 0 Å². The molecule has 0 saturated heterocycles. The van der Waals surface area contributed by atoms with Gasteiger partial charge in [-0.3, -0.25) is 0 Å². The highest BCUT2D eigenvalue weighted by Gasteiger charge is 2.19. The van der Waals surface area contributed by atoms with E-state index in [-0.39, 0.29) is 5.56 Å². The Morgan fingerprint density at radius 1 is 1.35 bits per heavy atom. The highest BCUT2D eigenvalue weighted by Crippen LogP contribution is 2.35. The second-order valence-electron chi connectivity index (χ2n) is 3.74. The lowest BCUT2D eigenvalue weighted by Crippen LogP contribution is -2.12. The van der Waals surface area contributed by atoms with Gasteiger partial charge in [0, 0.05) is 16.5 Å². The lowest BCUT2D eigenvalue weighted by Gasteiger charge is -2.12. The lowest BCUT2D eigenvalue weighted by molar-refractivity contribution is 0.566. The van der Waals surface area contributed by atoms with Crippen molar-refractivity contribution in [3.8, 4) is 0 Å². The van der Waals surface area contributed by atoms with Crippen molar-refractivity contribution in [3.05, 3.63) is 56.2 Å². The van der Waals surface area contributed by atoms with Crippen molar-refractivity contribution in [2.45, 2.75) is 13.0 Å². The maximum atomic E-state index is 13.6. The molecule has 0 aliphatic carbocycles. The summed E-state index contributed by atoms with van der Waals surface area (Å²) in [5, 5.41) is 2.41. The molecule has 5 heteroatoms. The first-order valence-corrected chi connectivity index (χ1v) is 6.20. The number of rotatable bonds is 2. The number of benzene rings is 1. The lowest BCUT2D eigenvalue weighted by atomic mass is 10.1. The molecular weight excluding hydrogens is 264 g/mol. The van der Waals surface area contributed by atoms with E-state index in [1.807, 2.05) is 12.3 Å². The molecule has 0 saturated carbocycles. The molecule has 0 bridgehead atoms. The van der Waals surface area contributed by atoms with Crippen molar-refractivity contribution < 1.29 is 8.78 Å². The molecule has 1 heterocycles. The van der Waals surface area contributed by atoms with Crippen molar-refractivity contribution in [1.82, 2.24) is 0 Å². The summed E-state index contributed by atoms with van der Waals surface area (Å²) in [5.41, 5.74) is 7.10. The third-order valence-corrected chi connectivity index (χ3v) is 4.30. The largest absolute Gasteiger partial charge is 0.319 e. The third kappa shape index (κ3) is 2.34. The highest BCUT2D eigenvalue weighted by atomic mass is 35.5. The molecule has 0 radical (unpaired) electrons. The molecule has 0 fully saturated rings. The molecule has 0 spiro atoms. The number of halogens is 3. The zero-order chi connectivity index (χ0) is 12.6. The Morgan fingerprint density at radius 3 is 2.59 bits per heavy atom. The van der Waals surface area contributed by atoms with E-state index >= 15 is 0 Å². The van der Waals surface area contributed by atoms with E-state index < -0.39 is 17.7 Å². The summed E-state index contributed by atoms with van der Waals surface area (Å²) >= 11 is 7.45. The molecular formula is C12H10ClF2NS. The van der Waals surface area contributed by atoms with E-state index in [1.54, 1.807) is 0 Å². The Hall–Kier alpha value is -0.970. The van der Waals surface area contributed by atoms with Crippen LogP contribution in [0, 0.1) is 18.6 Å². The minimum Gasteiger partial charge on any atom is -0.319 e. The van der Waals surface area contributed by atoms with E-state index in [0.717, 1.165) is 11.6 Å². The van der Waals surface area contributed by atoms with Crippen LogP contribution in [0.5, 0.6) is 0 Å². The fraction of sp³-hybridized carbons (Fsp3) is 0.167.